The summed E-state index contributed by atoms with van der Waals surface area (Å²) in [5.41, 5.74) is 4.11. The van der Waals surface area contributed by atoms with Gasteiger partial charge >= 0.3 is 0 Å². The van der Waals surface area contributed by atoms with Gasteiger partial charge in [0.2, 0.25) is 5.91 Å². The predicted octanol–water partition coefficient (Wildman–Crippen LogP) is 4.07. The summed E-state index contributed by atoms with van der Waals surface area (Å²) < 4.78 is 5.34. The third-order valence-corrected chi connectivity index (χ3v) is 5.35. The Kier molecular flexibility index (Phi) is 7.58. The van der Waals surface area contributed by atoms with Crippen molar-refractivity contribution in [3.8, 4) is 17.0 Å². The molecule has 0 aliphatic rings. The maximum absolute atomic E-state index is 12.1. The van der Waals surface area contributed by atoms with E-state index in [1.807, 2.05) is 37.3 Å². The molecule has 0 bridgehead atoms. The van der Waals surface area contributed by atoms with Gasteiger partial charge in [-0.1, -0.05) is 6.07 Å². The summed E-state index contributed by atoms with van der Waals surface area (Å²) in [4.78, 5) is 20.7. The lowest BCUT2D eigenvalue weighted by Crippen LogP contribution is -2.26. The van der Waals surface area contributed by atoms with Gasteiger partial charge in [-0.25, -0.2) is 4.98 Å². The normalized spacial score (nSPS) is 10.6. The number of hydrogen-bond acceptors (Lipinski definition) is 6. The molecule has 0 saturated carbocycles. The average Bonchev–Trinajstić information content (AvgIpc) is 3.21. The van der Waals surface area contributed by atoms with Gasteiger partial charge in [0, 0.05) is 49.3 Å². The molecular weight excluding hydrogens is 384 g/mol. The van der Waals surface area contributed by atoms with Gasteiger partial charge in [-0.3, -0.25) is 9.78 Å². The van der Waals surface area contributed by atoms with Crippen molar-refractivity contribution in [1.82, 2.24) is 15.3 Å². The Morgan fingerprint density at radius 2 is 2.00 bits per heavy atom. The number of nitrogens with one attached hydrogen (secondary N) is 2. The summed E-state index contributed by atoms with van der Waals surface area (Å²) in [7, 11) is 1.64. The van der Waals surface area contributed by atoms with E-state index >= 15 is 0 Å². The van der Waals surface area contributed by atoms with Crippen LogP contribution in [0.2, 0.25) is 0 Å². The molecule has 1 aromatic carbocycles. The highest BCUT2D eigenvalue weighted by atomic mass is 32.1. The number of carbonyl (C=O) groups is 1. The molecule has 0 spiro atoms. The van der Waals surface area contributed by atoms with E-state index in [-0.39, 0.29) is 5.91 Å². The predicted molar refractivity (Wildman–Crippen MR) is 118 cm³/mol. The fourth-order valence-electron chi connectivity index (χ4n) is 2.91. The molecule has 2 N–H and O–H groups in total. The van der Waals surface area contributed by atoms with Gasteiger partial charge in [-0.05, 0) is 43.2 Å². The second-order valence-electron chi connectivity index (χ2n) is 6.70. The van der Waals surface area contributed by atoms with Crippen LogP contribution < -0.4 is 15.4 Å². The minimum absolute atomic E-state index is 0.0423. The molecule has 0 aliphatic carbocycles. The first-order chi connectivity index (χ1) is 14.2. The van der Waals surface area contributed by atoms with E-state index in [2.05, 4.69) is 26.0 Å². The summed E-state index contributed by atoms with van der Waals surface area (Å²) in [6.45, 7) is 3.24. The minimum atomic E-state index is 0.0423. The molecule has 0 fully saturated rings. The van der Waals surface area contributed by atoms with Crippen molar-refractivity contribution >= 4 is 22.9 Å². The van der Waals surface area contributed by atoms with E-state index in [9.17, 15) is 4.79 Å². The van der Waals surface area contributed by atoms with Crippen LogP contribution >= 0.6 is 11.3 Å². The fourth-order valence-corrected chi connectivity index (χ4v) is 3.76. The topological polar surface area (TPSA) is 76.1 Å². The van der Waals surface area contributed by atoms with Crippen molar-refractivity contribution in [3.05, 3.63) is 58.7 Å². The molecule has 29 heavy (non-hydrogen) atoms. The number of carbonyl (C=O) groups excluding carboxylic acids is 1. The zero-order chi connectivity index (χ0) is 20.5. The van der Waals surface area contributed by atoms with Gasteiger partial charge < -0.3 is 15.4 Å². The average molecular weight is 411 g/mol. The smallest absolute Gasteiger partial charge is 0.221 e. The molecule has 2 heterocycles. The lowest BCUT2D eigenvalue weighted by molar-refractivity contribution is -0.120. The molecule has 2 aromatic heterocycles. The molecule has 0 radical (unpaired) electrons. The molecule has 0 saturated heterocycles. The Bertz CT molecular complexity index is 928. The zero-order valence-corrected chi connectivity index (χ0v) is 17.6. The summed E-state index contributed by atoms with van der Waals surface area (Å²) in [6.07, 6.45) is 5.69. The van der Waals surface area contributed by atoms with E-state index in [0.717, 1.165) is 46.1 Å². The number of methoxy groups -OCH3 is 1. The van der Waals surface area contributed by atoms with Crippen LogP contribution in [0.25, 0.3) is 11.3 Å². The van der Waals surface area contributed by atoms with Crippen molar-refractivity contribution in [1.29, 1.82) is 0 Å². The quantitative estimate of drug-likeness (QED) is 0.493. The molecule has 3 rings (SSSR count). The first-order valence-corrected chi connectivity index (χ1v) is 10.5. The van der Waals surface area contributed by atoms with Gasteiger partial charge in [0.25, 0.3) is 0 Å². The summed E-state index contributed by atoms with van der Waals surface area (Å²) in [5.74, 6) is 0.825. The number of pyridine rings is 1. The Morgan fingerprint density at radius 1 is 1.17 bits per heavy atom. The molecular formula is C22H26N4O2S. The number of anilines is 1. The first kappa shape index (κ1) is 20.8. The van der Waals surface area contributed by atoms with Crippen LogP contribution in [0.1, 0.15) is 23.4 Å². The second kappa shape index (κ2) is 10.6. The van der Waals surface area contributed by atoms with Gasteiger partial charge in [0.1, 0.15) is 5.75 Å². The Hall–Kier alpha value is -2.93. The molecule has 1 amide bonds. The number of rotatable bonds is 10. The summed E-state index contributed by atoms with van der Waals surface area (Å²) >= 11 is 1.65. The molecule has 7 heteroatoms. The van der Waals surface area contributed by atoms with E-state index in [0.29, 0.717) is 19.5 Å². The maximum atomic E-state index is 12.1. The molecule has 3 aromatic rings. The van der Waals surface area contributed by atoms with Crippen LogP contribution in [0.15, 0.2) is 48.1 Å². The van der Waals surface area contributed by atoms with Crippen LogP contribution in [-0.2, 0) is 11.2 Å². The number of aryl methyl sites for hydroxylation is 2. The van der Waals surface area contributed by atoms with E-state index < -0.39 is 0 Å². The minimum Gasteiger partial charge on any atom is -0.495 e. The lowest BCUT2D eigenvalue weighted by Gasteiger charge is -2.12. The van der Waals surface area contributed by atoms with Crippen LogP contribution in [0.5, 0.6) is 5.75 Å². The number of ether oxygens (including phenoxy) is 1. The largest absolute Gasteiger partial charge is 0.495 e. The van der Waals surface area contributed by atoms with Crippen molar-refractivity contribution in [2.75, 3.05) is 25.5 Å². The van der Waals surface area contributed by atoms with Gasteiger partial charge in [0.15, 0.2) is 0 Å². The fraction of sp³-hybridized carbons (Fsp3) is 0.318. The summed E-state index contributed by atoms with van der Waals surface area (Å²) in [5, 5.41) is 9.39. The highest BCUT2D eigenvalue weighted by Gasteiger charge is 2.06. The van der Waals surface area contributed by atoms with Gasteiger partial charge in [0.05, 0.1) is 23.5 Å². The molecule has 0 unspecified atom stereocenters. The SMILES string of the molecule is COc1ccc(C)cc1NCCC(=O)NCCCc1nc(-c2ccncc2)cs1. The Morgan fingerprint density at radius 3 is 2.79 bits per heavy atom. The third-order valence-electron chi connectivity index (χ3n) is 4.44. The number of nitrogens with zero attached hydrogens (tertiary/aromatic N) is 2. The van der Waals surface area contributed by atoms with E-state index in [1.165, 1.54) is 0 Å². The van der Waals surface area contributed by atoms with Crippen LogP contribution in [0, 0.1) is 6.92 Å². The van der Waals surface area contributed by atoms with Crippen LogP contribution in [0.4, 0.5) is 5.69 Å². The highest BCUT2D eigenvalue weighted by Crippen LogP contribution is 2.25. The Balaban J connectivity index is 1.34. The molecule has 0 atom stereocenters. The molecule has 0 aliphatic heterocycles. The Labute approximate surface area is 175 Å². The van der Waals surface area contributed by atoms with E-state index in [1.54, 1.807) is 30.8 Å². The zero-order valence-electron chi connectivity index (χ0n) is 16.8. The standard InChI is InChI=1S/C22H26N4O2S/c1-16-5-6-20(28-2)18(14-16)24-13-9-21(27)25-10-3-4-22-26-19(15-29-22)17-7-11-23-12-8-17/h5-8,11-12,14-15,24H,3-4,9-10,13H2,1-2H3,(H,25,27). The number of hydrogen-bond donors (Lipinski definition) is 2. The number of benzene rings is 1. The van der Waals surface area contributed by atoms with Crippen molar-refractivity contribution in [2.45, 2.75) is 26.2 Å². The number of aromatic nitrogens is 2. The lowest BCUT2D eigenvalue weighted by atomic mass is 10.2. The highest BCUT2D eigenvalue weighted by molar-refractivity contribution is 7.09. The third kappa shape index (κ3) is 6.29. The molecule has 152 valence electrons. The summed E-state index contributed by atoms with van der Waals surface area (Å²) in [6, 6.07) is 9.86. The first-order valence-electron chi connectivity index (χ1n) is 9.65. The second-order valence-corrected chi connectivity index (χ2v) is 7.64. The van der Waals surface area contributed by atoms with Gasteiger partial charge in [-0.15, -0.1) is 11.3 Å². The van der Waals surface area contributed by atoms with E-state index in [4.69, 9.17) is 4.74 Å². The molecule has 6 nitrogen and oxygen atoms in total. The maximum Gasteiger partial charge on any atom is 0.221 e. The van der Waals surface area contributed by atoms with Crippen molar-refractivity contribution in [3.63, 3.8) is 0 Å². The monoisotopic (exact) mass is 410 g/mol. The van der Waals surface area contributed by atoms with Crippen molar-refractivity contribution < 1.29 is 9.53 Å². The number of thiazole rings is 1. The van der Waals surface area contributed by atoms with Crippen LogP contribution in [0.3, 0.4) is 0 Å². The number of amides is 1. The van der Waals surface area contributed by atoms with Crippen LogP contribution in [-0.4, -0.2) is 36.1 Å². The van der Waals surface area contributed by atoms with Crippen molar-refractivity contribution in [2.24, 2.45) is 0 Å². The van der Waals surface area contributed by atoms with Gasteiger partial charge in [-0.2, -0.15) is 0 Å².